The second-order valence-corrected chi connectivity index (χ2v) is 8.52. The number of amides is 2. The lowest BCUT2D eigenvalue weighted by Gasteiger charge is -2.34. The Morgan fingerprint density at radius 2 is 2.19 bits per heavy atom. The number of hydrogen-bond donors (Lipinski definition) is 0. The molecule has 0 spiro atoms. The van der Waals surface area contributed by atoms with Gasteiger partial charge in [0.1, 0.15) is 5.82 Å². The number of benzene rings is 1. The molecule has 4 nitrogen and oxygen atoms in total. The summed E-state index contributed by atoms with van der Waals surface area (Å²) in [6.07, 6.45) is 1.56. The van der Waals surface area contributed by atoms with Gasteiger partial charge in [-0.1, -0.05) is 22.0 Å². The maximum atomic E-state index is 14.1. The largest absolute Gasteiger partial charge is 0.338 e. The van der Waals surface area contributed by atoms with Crippen molar-refractivity contribution in [1.82, 2.24) is 9.80 Å². The number of carbonyl (C=O) groups is 2. The Balaban J connectivity index is 1.69. The van der Waals surface area contributed by atoms with Gasteiger partial charge in [0.2, 0.25) is 5.91 Å². The van der Waals surface area contributed by atoms with Gasteiger partial charge in [0, 0.05) is 36.2 Å². The molecule has 1 aromatic carbocycles. The molecule has 7 heteroatoms. The topological polar surface area (TPSA) is 40.6 Å². The van der Waals surface area contributed by atoms with Crippen LogP contribution in [-0.2, 0) is 11.3 Å². The molecular formula is C20H22BrFN2O2S. The molecule has 0 saturated carbocycles. The molecule has 27 heavy (non-hydrogen) atoms. The molecule has 1 unspecified atom stereocenters. The highest BCUT2D eigenvalue weighted by molar-refractivity contribution is 9.10. The van der Waals surface area contributed by atoms with E-state index in [0.29, 0.717) is 30.1 Å². The number of nitrogens with zero attached hydrogens (tertiary/aromatic N) is 2. The zero-order chi connectivity index (χ0) is 19.4. The monoisotopic (exact) mass is 452 g/mol. The lowest BCUT2D eigenvalue weighted by atomic mass is 9.96. The molecule has 144 valence electrons. The number of rotatable bonds is 5. The Morgan fingerprint density at radius 3 is 2.89 bits per heavy atom. The Kier molecular flexibility index (Phi) is 6.65. The molecule has 0 bridgehead atoms. The quantitative estimate of drug-likeness (QED) is 0.667. The Morgan fingerprint density at radius 1 is 1.37 bits per heavy atom. The zero-order valence-corrected chi connectivity index (χ0v) is 17.6. The van der Waals surface area contributed by atoms with Crippen LogP contribution in [0.2, 0.25) is 0 Å². The minimum Gasteiger partial charge on any atom is -0.338 e. The normalized spacial score (nSPS) is 17.0. The van der Waals surface area contributed by atoms with Crippen molar-refractivity contribution in [2.45, 2.75) is 26.3 Å². The van der Waals surface area contributed by atoms with Crippen molar-refractivity contribution in [1.29, 1.82) is 0 Å². The number of piperidine rings is 1. The summed E-state index contributed by atoms with van der Waals surface area (Å²) >= 11 is 4.77. The SMILES string of the molecule is CCN(Cc1cc(Br)ccc1F)C(=O)C1CCCN(C(=O)c2cccs2)C1. The highest BCUT2D eigenvalue weighted by atomic mass is 79.9. The number of thiophene rings is 1. The van der Waals surface area contributed by atoms with E-state index in [1.807, 2.05) is 24.4 Å². The highest BCUT2D eigenvalue weighted by Gasteiger charge is 2.31. The van der Waals surface area contributed by atoms with E-state index in [-0.39, 0.29) is 30.1 Å². The summed E-state index contributed by atoms with van der Waals surface area (Å²) in [5, 5.41) is 1.88. The Hall–Kier alpha value is -1.73. The molecule has 3 rings (SSSR count). The van der Waals surface area contributed by atoms with Gasteiger partial charge in [-0.25, -0.2) is 4.39 Å². The molecule has 0 N–H and O–H groups in total. The minimum absolute atomic E-state index is 0.0106. The summed E-state index contributed by atoms with van der Waals surface area (Å²) in [7, 11) is 0. The second-order valence-electron chi connectivity index (χ2n) is 6.66. The maximum absolute atomic E-state index is 14.1. The summed E-state index contributed by atoms with van der Waals surface area (Å²) in [6.45, 7) is 3.72. The van der Waals surface area contributed by atoms with Crippen LogP contribution < -0.4 is 0 Å². The van der Waals surface area contributed by atoms with Crippen molar-refractivity contribution in [2.24, 2.45) is 5.92 Å². The molecule has 1 aliphatic rings. The predicted octanol–water partition coefficient (Wildman–Crippen LogP) is 4.55. The predicted molar refractivity (Wildman–Crippen MR) is 108 cm³/mol. The third kappa shape index (κ3) is 4.76. The molecular weight excluding hydrogens is 431 g/mol. The van der Waals surface area contributed by atoms with Gasteiger partial charge in [-0.05, 0) is 49.4 Å². The molecule has 1 fully saturated rings. The minimum atomic E-state index is -0.317. The first kappa shape index (κ1) is 20.0. The van der Waals surface area contributed by atoms with Crippen molar-refractivity contribution < 1.29 is 14.0 Å². The van der Waals surface area contributed by atoms with Gasteiger partial charge in [0.15, 0.2) is 0 Å². The van der Waals surface area contributed by atoms with Crippen LogP contribution in [0.1, 0.15) is 35.0 Å². The van der Waals surface area contributed by atoms with Gasteiger partial charge in [-0.2, -0.15) is 0 Å². The van der Waals surface area contributed by atoms with Crippen LogP contribution in [0.5, 0.6) is 0 Å². The van der Waals surface area contributed by atoms with Crippen LogP contribution in [0, 0.1) is 11.7 Å². The van der Waals surface area contributed by atoms with Gasteiger partial charge in [-0.3, -0.25) is 9.59 Å². The summed E-state index contributed by atoms with van der Waals surface area (Å²) in [5.74, 6) is -0.579. The molecule has 2 aromatic rings. The van der Waals surface area contributed by atoms with E-state index in [1.54, 1.807) is 21.9 Å². The van der Waals surface area contributed by atoms with Gasteiger partial charge in [0.05, 0.1) is 10.8 Å². The average Bonchev–Trinajstić information content (AvgIpc) is 3.22. The first-order valence-corrected chi connectivity index (χ1v) is 10.7. The molecule has 1 aromatic heterocycles. The van der Waals surface area contributed by atoms with E-state index in [4.69, 9.17) is 0 Å². The summed E-state index contributed by atoms with van der Waals surface area (Å²) in [4.78, 5) is 29.8. The molecule has 1 saturated heterocycles. The highest BCUT2D eigenvalue weighted by Crippen LogP contribution is 2.24. The molecule has 0 aliphatic carbocycles. The second kappa shape index (κ2) is 8.97. The van der Waals surface area contributed by atoms with E-state index in [0.717, 1.165) is 17.3 Å². The van der Waals surface area contributed by atoms with Crippen molar-refractivity contribution >= 4 is 39.1 Å². The Labute approximate surface area is 171 Å². The summed E-state index contributed by atoms with van der Waals surface area (Å²) < 4.78 is 14.9. The fraction of sp³-hybridized carbons (Fsp3) is 0.400. The summed E-state index contributed by atoms with van der Waals surface area (Å²) in [6, 6.07) is 8.42. The molecule has 2 heterocycles. The van der Waals surface area contributed by atoms with E-state index < -0.39 is 0 Å². The van der Waals surface area contributed by atoms with Gasteiger partial charge in [-0.15, -0.1) is 11.3 Å². The lowest BCUT2D eigenvalue weighted by Crippen LogP contribution is -2.46. The number of hydrogen-bond acceptors (Lipinski definition) is 3. The van der Waals surface area contributed by atoms with Crippen LogP contribution >= 0.6 is 27.3 Å². The fourth-order valence-electron chi connectivity index (χ4n) is 3.39. The first-order valence-electron chi connectivity index (χ1n) is 9.05. The third-order valence-corrected chi connectivity index (χ3v) is 6.20. The van der Waals surface area contributed by atoms with E-state index in [2.05, 4.69) is 15.9 Å². The van der Waals surface area contributed by atoms with Gasteiger partial charge < -0.3 is 9.80 Å². The molecule has 1 atom stereocenters. The van der Waals surface area contributed by atoms with E-state index >= 15 is 0 Å². The lowest BCUT2D eigenvalue weighted by molar-refractivity contribution is -0.137. The first-order chi connectivity index (χ1) is 13.0. The van der Waals surface area contributed by atoms with Crippen molar-refractivity contribution in [3.8, 4) is 0 Å². The molecule has 1 aliphatic heterocycles. The zero-order valence-electron chi connectivity index (χ0n) is 15.2. The number of likely N-dealkylation sites (tertiary alicyclic amines) is 1. The molecule has 2 amide bonds. The van der Waals surface area contributed by atoms with Gasteiger partial charge >= 0.3 is 0 Å². The van der Waals surface area contributed by atoms with Crippen LogP contribution in [0.15, 0.2) is 40.2 Å². The van der Waals surface area contributed by atoms with E-state index in [9.17, 15) is 14.0 Å². The number of carbonyl (C=O) groups excluding carboxylic acids is 2. The van der Waals surface area contributed by atoms with Crippen LogP contribution in [0.25, 0.3) is 0 Å². The average molecular weight is 453 g/mol. The molecule has 0 radical (unpaired) electrons. The van der Waals surface area contributed by atoms with Crippen molar-refractivity contribution in [3.05, 3.63) is 56.4 Å². The number of halogens is 2. The third-order valence-electron chi connectivity index (χ3n) is 4.85. The fourth-order valence-corrected chi connectivity index (χ4v) is 4.49. The maximum Gasteiger partial charge on any atom is 0.263 e. The smallest absolute Gasteiger partial charge is 0.263 e. The van der Waals surface area contributed by atoms with Crippen LogP contribution in [-0.4, -0.2) is 41.2 Å². The van der Waals surface area contributed by atoms with Gasteiger partial charge in [0.25, 0.3) is 5.91 Å². The van der Waals surface area contributed by atoms with Crippen molar-refractivity contribution in [2.75, 3.05) is 19.6 Å². The van der Waals surface area contributed by atoms with Crippen LogP contribution in [0.3, 0.4) is 0 Å². The van der Waals surface area contributed by atoms with Crippen LogP contribution in [0.4, 0.5) is 4.39 Å². The Bertz CT molecular complexity index is 812. The standard InChI is InChI=1S/C20H22BrFN2O2S/c1-2-23(13-15-11-16(21)7-8-17(15)22)19(25)14-5-3-9-24(12-14)20(26)18-6-4-10-27-18/h4,6-8,10-11,14H,2-3,5,9,12-13H2,1H3. The van der Waals surface area contributed by atoms with Crippen molar-refractivity contribution in [3.63, 3.8) is 0 Å². The van der Waals surface area contributed by atoms with E-state index in [1.165, 1.54) is 17.4 Å². The summed E-state index contributed by atoms with van der Waals surface area (Å²) in [5.41, 5.74) is 0.488.